The summed E-state index contributed by atoms with van der Waals surface area (Å²) in [6.45, 7) is 0. The van der Waals surface area contributed by atoms with E-state index in [4.69, 9.17) is 11.6 Å². The zero-order chi connectivity index (χ0) is 17.7. The van der Waals surface area contributed by atoms with E-state index in [-0.39, 0.29) is 17.2 Å². The average Bonchev–Trinajstić information content (AvgIpc) is 2.54. The molecule has 0 fully saturated rings. The number of anilines is 1. The second-order valence-corrected chi connectivity index (χ2v) is 7.25. The predicted octanol–water partition coefficient (Wildman–Crippen LogP) is 3.45. The minimum Gasteiger partial charge on any atom is -0.345 e. The molecule has 5 nitrogen and oxygen atoms in total. The van der Waals surface area contributed by atoms with Gasteiger partial charge in [0.2, 0.25) is 0 Å². The Balaban J connectivity index is 2.23. The molecule has 0 unspecified atom stereocenters. The van der Waals surface area contributed by atoms with E-state index >= 15 is 0 Å². The fraction of sp³-hybridized carbons (Fsp3) is 0.118. The molecule has 2 rings (SSSR count). The molecular formula is C17H17ClN2O3S. The number of hydrogen-bond donors (Lipinski definition) is 1. The molecule has 0 aromatic heterocycles. The van der Waals surface area contributed by atoms with E-state index in [1.54, 1.807) is 62.6 Å². The molecule has 0 aliphatic carbocycles. The van der Waals surface area contributed by atoms with E-state index < -0.39 is 10.0 Å². The Morgan fingerprint density at radius 3 is 2.33 bits per heavy atom. The van der Waals surface area contributed by atoms with Gasteiger partial charge in [0.15, 0.2) is 0 Å². The van der Waals surface area contributed by atoms with Gasteiger partial charge in [-0.3, -0.25) is 9.52 Å². The second-order valence-electron chi connectivity index (χ2n) is 5.25. The monoisotopic (exact) mass is 364 g/mol. The summed E-state index contributed by atoms with van der Waals surface area (Å²) in [4.78, 5) is 13.5. The van der Waals surface area contributed by atoms with Gasteiger partial charge in [-0.25, -0.2) is 8.42 Å². The quantitative estimate of drug-likeness (QED) is 0.883. The number of hydrogen-bond acceptors (Lipinski definition) is 3. The molecule has 1 amide bonds. The Labute approximate surface area is 146 Å². The van der Waals surface area contributed by atoms with E-state index in [0.29, 0.717) is 10.6 Å². The third-order valence-electron chi connectivity index (χ3n) is 3.13. The standard InChI is InChI=1S/C17H17ClN2O3S/c1-20(2)17(21)15-5-3-4-6-16(15)19-24(22,23)12-11-13-7-9-14(18)10-8-13/h3-12,19H,1-2H3/b12-11+. The molecule has 0 spiro atoms. The molecule has 7 heteroatoms. The number of sulfonamides is 1. The smallest absolute Gasteiger partial charge is 0.255 e. The number of carbonyl (C=O) groups excluding carboxylic acids is 1. The molecule has 0 atom stereocenters. The largest absolute Gasteiger partial charge is 0.345 e. The lowest BCUT2D eigenvalue weighted by molar-refractivity contribution is 0.0828. The van der Waals surface area contributed by atoms with Crippen LogP contribution in [0.3, 0.4) is 0 Å². The first-order chi connectivity index (χ1) is 11.3. The summed E-state index contributed by atoms with van der Waals surface area (Å²) in [5.41, 5.74) is 1.21. The van der Waals surface area contributed by atoms with Crippen molar-refractivity contribution < 1.29 is 13.2 Å². The first kappa shape index (κ1) is 18.0. The van der Waals surface area contributed by atoms with Crippen LogP contribution in [0.25, 0.3) is 6.08 Å². The fourth-order valence-corrected chi connectivity index (χ4v) is 2.94. The van der Waals surface area contributed by atoms with Crippen LogP contribution in [-0.4, -0.2) is 33.3 Å². The maximum absolute atomic E-state index is 12.2. The van der Waals surface area contributed by atoms with Gasteiger partial charge in [-0.2, -0.15) is 0 Å². The number of halogens is 1. The summed E-state index contributed by atoms with van der Waals surface area (Å²) in [6, 6.07) is 13.2. The van der Waals surface area contributed by atoms with Gasteiger partial charge in [0.1, 0.15) is 0 Å². The fourth-order valence-electron chi connectivity index (χ4n) is 1.93. The highest BCUT2D eigenvalue weighted by molar-refractivity contribution is 7.95. The van der Waals surface area contributed by atoms with E-state index in [0.717, 1.165) is 5.41 Å². The average molecular weight is 365 g/mol. The molecular weight excluding hydrogens is 348 g/mol. The van der Waals surface area contributed by atoms with Crippen molar-refractivity contribution in [3.63, 3.8) is 0 Å². The maximum atomic E-state index is 12.2. The van der Waals surface area contributed by atoms with Crippen LogP contribution in [-0.2, 0) is 10.0 Å². The normalized spacial score (nSPS) is 11.5. The first-order valence-electron chi connectivity index (χ1n) is 7.06. The van der Waals surface area contributed by atoms with Gasteiger partial charge >= 0.3 is 0 Å². The molecule has 1 N–H and O–H groups in total. The number of para-hydroxylation sites is 1. The van der Waals surface area contributed by atoms with Gasteiger partial charge < -0.3 is 4.90 Å². The maximum Gasteiger partial charge on any atom is 0.255 e. The molecule has 2 aromatic rings. The zero-order valence-electron chi connectivity index (χ0n) is 13.2. The van der Waals surface area contributed by atoms with E-state index in [1.807, 2.05) is 0 Å². The van der Waals surface area contributed by atoms with Gasteiger partial charge in [0.05, 0.1) is 16.7 Å². The van der Waals surface area contributed by atoms with Crippen LogP contribution in [0.1, 0.15) is 15.9 Å². The Hall–Kier alpha value is -2.31. The Bertz CT molecular complexity index is 860. The summed E-state index contributed by atoms with van der Waals surface area (Å²) in [5.74, 6) is -0.282. The van der Waals surface area contributed by atoms with Crippen molar-refractivity contribution in [1.82, 2.24) is 4.90 Å². The van der Waals surface area contributed by atoms with Crippen LogP contribution in [0.15, 0.2) is 53.9 Å². The first-order valence-corrected chi connectivity index (χ1v) is 8.98. The summed E-state index contributed by atoms with van der Waals surface area (Å²) >= 11 is 5.79. The molecule has 0 saturated carbocycles. The van der Waals surface area contributed by atoms with Crippen LogP contribution in [0.4, 0.5) is 5.69 Å². The van der Waals surface area contributed by atoms with Crippen LogP contribution < -0.4 is 4.72 Å². The molecule has 0 radical (unpaired) electrons. The van der Waals surface area contributed by atoms with Crippen LogP contribution >= 0.6 is 11.6 Å². The molecule has 24 heavy (non-hydrogen) atoms. The number of rotatable bonds is 5. The van der Waals surface area contributed by atoms with Gasteiger partial charge in [-0.1, -0.05) is 35.9 Å². The molecule has 0 heterocycles. The van der Waals surface area contributed by atoms with Crippen molar-refractivity contribution in [3.05, 3.63) is 70.1 Å². The van der Waals surface area contributed by atoms with Gasteiger partial charge in [-0.05, 0) is 35.9 Å². The topological polar surface area (TPSA) is 66.5 Å². The molecule has 0 saturated heterocycles. The number of carbonyl (C=O) groups is 1. The van der Waals surface area contributed by atoms with Crippen LogP contribution in [0, 0.1) is 0 Å². The molecule has 0 aliphatic heterocycles. The lowest BCUT2D eigenvalue weighted by atomic mass is 10.1. The van der Waals surface area contributed by atoms with Crippen molar-refractivity contribution in [1.29, 1.82) is 0 Å². The third kappa shape index (κ3) is 4.84. The SMILES string of the molecule is CN(C)C(=O)c1ccccc1NS(=O)(=O)/C=C/c1ccc(Cl)cc1. The summed E-state index contributed by atoms with van der Waals surface area (Å²) in [7, 11) is -0.549. The Morgan fingerprint density at radius 2 is 1.71 bits per heavy atom. The minimum atomic E-state index is -3.76. The van der Waals surface area contributed by atoms with Crippen molar-refractivity contribution in [2.75, 3.05) is 18.8 Å². The third-order valence-corrected chi connectivity index (χ3v) is 4.38. The number of nitrogens with one attached hydrogen (secondary N) is 1. The predicted molar refractivity (Wildman–Crippen MR) is 97.5 cm³/mol. The van der Waals surface area contributed by atoms with Crippen molar-refractivity contribution in [2.45, 2.75) is 0 Å². The minimum absolute atomic E-state index is 0.233. The lowest BCUT2D eigenvalue weighted by Crippen LogP contribution is -2.23. The number of benzene rings is 2. The Kier molecular flexibility index (Phi) is 5.64. The van der Waals surface area contributed by atoms with Crippen molar-refractivity contribution in [3.8, 4) is 0 Å². The Morgan fingerprint density at radius 1 is 1.08 bits per heavy atom. The van der Waals surface area contributed by atoms with Crippen molar-refractivity contribution >= 4 is 39.3 Å². The molecule has 0 aliphatic rings. The van der Waals surface area contributed by atoms with E-state index in [9.17, 15) is 13.2 Å². The highest BCUT2D eigenvalue weighted by Gasteiger charge is 2.15. The van der Waals surface area contributed by atoms with Gasteiger partial charge in [0, 0.05) is 19.1 Å². The number of nitrogens with zero attached hydrogens (tertiary/aromatic N) is 1. The van der Waals surface area contributed by atoms with Crippen LogP contribution in [0.2, 0.25) is 5.02 Å². The summed E-state index contributed by atoms with van der Waals surface area (Å²) < 4.78 is 26.9. The summed E-state index contributed by atoms with van der Waals surface area (Å²) in [6.07, 6.45) is 1.45. The second kappa shape index (κ2) is 7.51. The van der Waals surface area contributed by atoms with E-state index in [1.165, 1.54) is 11.0 Å². The summed E-state index contributed by atoms with van der Waals surface area (Å²) in [5, 5.41) is 1.62. The number of amides is 1. The van der Waals surface area contributed by atoms with Crippen molar-refractivity contribution in [2.24, 2.45) is 0 Å². The highest BCUT2D eigenvalue weighted by Crippen LogP contribution is 2.19. The van der Waals surface area contributed by atoms with E-state index in [2.05, 4.69) is 4.72 Å². The molecule has 0 bridgehead atoms. The molecule has 2 aromatic carbocycles. The van der Waals surface area contributed by atoms with Crippen LogP contribution in [0.5, 0.6) is 0 Å². The zero-order valence-corrected chi connectivity index (χ0v) is 14.8. The van der Waals surface area contributed by atoms with Gasteiger partial charge in [-0.15, -0.1) is 0 Å². The van der Waals surface area contributed by atoms with Gasteiger partial charge in [0.25, 0.3) is 15.9 Å². The highest BCUT2D eigenvalue weighted by atomic mass is 35.5. The lowest BCUT2D eigenvalue weighted by Gasteiger charge is -2.14. The molecule has 126 valence electrons.